The largest absolute Gasteiger partial charge is 0.345 e. The fourth-order valence-corrected chi connectivity index (χ4v) is 5.58. The molecule has 168 valence electrons. The van der Waals surface area contributed by atoms with Crippen LogP contribution in [0.15, 0.2) is 53.4 Å². The van der Waals surface area contributed by atoms with Gasteiger partial charge in [-0.25, -0.2) is 8.42 Å². The normalized spacial score (nSPS) is 16.9. The summed E-state index contributed by atoms with van der Waals surface area (Å²) in [6, 6.07) is 14.0. The molecule has 3 rings (SSSR count). The summed E-state index contributed by atoms with van der Waals surface area (Å²) in [5.41, 5.74) is 1.18. The van der Waals surface area contributed by atoms with Crippen LogP contribution in [0, 0.1) is 11.8 Å². The van der Waals surface area contributed by atoms with Crippen molar-refractivity contribution < 1.29 is 13.2 Å². The molecule has 0 bridgehead atoms. The molecule has 1 unspecified atom stereocenters. The second-order valence-corrected chi connectivity index (χ2v) is 11.1. The maximum absolute atomic E-state index is 13.1. The van der Waals surface area contributed by atoms with Gasteiger partial charge in [-0.1, -0.05) is 62.7 Å². The average molecular weight is 463 g/mol. The minimum Gasteiger partial charge on any atom is -0.345 e. The zero-order chi connectivity index (χ0) is 22.6. The van der Waals surface area contributed by atoms with Gasteiger partial charge in [0.05, 0.1) is 21.5 Å². The molecule has 0 radical (unpaired) electrons. The number of piperidine rings is 1. The van der Waals surface area contributed by atoms with Gasteiger partial charge in [0.1, 0.15) is 0 Å². The molecule has 2 aromatic carbocycles. The zero-order valence-corrected chi connectivity index (χ0v) is 19.9. The smallest absolute Gasteiger partial charge is 0.253 e. The standard InChI is InChI=1S/C24H31ClN2O3S/c1-17(2)15-23(19-7-5-4-6-8-19)26-24(28)21-16-20(9-10-22(21)25)31(29,30)27-13-11-18(3)12-14-27/h4-10,16-18,23H,11-15H2,1-3H3,(H,26,28). The number of benzene rings is 2. The molecule has 0 aromatic heterocycles. The number of carbonyl (C=O) groups is 1. The number of amides is 1. The van der Waals surface area contributed by atoms with Crippen molar-refractivity contribution in [1.82, 2.24) is 9.62 Å². The summed E-state index contributed by atoms with van der Waals surface area (Å²) in [7, 11) is -3.66. The van der Waals surface area contributed by atoms with E-state index < -0.39 is 10.0 Å². The summed E-state index contributed by atoms with van der Waals surface area (Å²) in [4.78, 5) is 13.2. The van der Waals surface area contributed by atoms with E-state index in [1.54, 1.807) is 0 Å². The Morgan fingerprint density at radius 2 is 1.77 bits per heavy atom. The minimum absolute atomic E-state index is 0.108. The van der Waals surface area contributed by atoms with Gasteiger partial charge >= 0.3 is 0 Å². The van der Waals surface area contributed by atoms with E-state index in [0.29, 0.717) is 24.9 Å². The summed E-state index contributed by atoms with van der Waals surface area (Å²) >= 11 is 6.31. The van der Waals surface area contributed by atoms with Gasteiger partial charge in [-0.15, -0.1) is 0 Å². The van der Waals surface area contributed by atoms with Crippen LogP contribution in [0.25, 0.3) is 0 Å². The van der Waals surface area contributed by atoms with Crippen LogP contribution < -0.4 is 5.32 Å². The summed E-state index contributed by atoms with van der Waals surface area (Å²) in [5, 5.41) is 3.29. The molecule has 1 aliphatic rings. The van der Waals surface area contributed by atoms with E-state index in [1.165, 1.54) is 22.5 Å². The molecule has 0 aliphatic carbocycles. The number of nitrogens with zero attached hydrogens (tertiary/aromatic N) is 1. The summed E-state index contributed by atoms with van der Waals surface area (Å²) in [6.45, 7) is 7.33. The summed E-state index contributed by atoms with van der Waals surface area (Å²) in [5.74, 6) is 0.520. The molecule has 1 aliphatic heterocycles. The fourth-order valence-electron chi connectivity index (χ4n) is 3.88. The topological polar surface area (TPSA) is 66.5 Å². The number of halogens is 1. The van der Waals surface area contributed by atoms with Crippen LogP contribution in [0.3, 0.4) is 0 Å². The summed E-state index contributed by atoms with van der Waals surface area (Å²) in [6.07, 6.45) is 2.44. The second-order valence-electron chi connectivity index (χ2n) is 8.79. The van der Waals surface area contributed by atoms with Gasteiger partial charge < -0.3 is 5.32 Å². The second kappa shape index (κ2) is 10.2. The van der Waals surface area contributed by atoms with Crippen LogP contribution >= 0.6 is 11.6 Å². The van der Waals surface area contributed by atoms with Crippen LogP contribution in [-0.4, -0.2) is 31.7 Å². The van der Waals surface area contributed by atoms with Crippen molar-refractivity contribution in [2.45, 2.75) is 51.0 Å². The highest BCUT2D eigenvalue weighted by atomic mass is 35.5. The molecular weight excluding hydrogens is 432 g/mol. The molecule has 1 fully saturated rings. The van der Waals surface area contributed by atoms with Gasteiger partial charge in [0.25, 0.3) is 5.91 Å². The minimum atomic E-state index is -3.66. The molecule has 2 aromatic rings. The predicted octanol–water partition coefficient (Wildman–Crippen LogP) is 5.28. The Hall–Kier alpha value is -1.89. The SMILES string of the molecule is CC(C)CC(NC(=O)c1cc(S(=O)(=O)N2CCC(C)CC2)ccc1Cl)c1ccccc1. The Bertz CT molecular complexity index is 1000. The number of rotatable bonds is 7. The van der Waals surface area contributed by atoms with Gasteiger partial charge in [-0.2, -0.15) is 4.31 Å². The van der Waals surface area contributed by atoms with Crippen LogP contribution in [0.2, 0.25) is 5.02 Å². The van der Waals surface area contributed by atoms with Crippen molar-refractivity contribution in [3.8, 4) is 0 Å². The number of hydrogen-bond acceptors (Lipinski definition) is 3. The third-order valence-electron chi connectivity index (χ3n) is 5.78. The van der Waals surface area contributed by atoms with Gasteiger partial charge in [0, 0.05) is 13.1 Å². The van der Waals surface area contributed by atoms with E-state index in [1.807, 2.05) is 30.3 Å². The van der Waals surface area contributed by atoms with Gasteiger partial charge in [0.2, 0.25) is 10.0 Å². The highest BCUT2D eigenvalue weighted by Crippen LogP contribution is 2.28. The molecule has 1 saturated heterocycles. The lowest BCUT2D eigenvalue weighted by Crippen LogP contribution is -2.38. The third-order valence-corrected chi connectivity index (χ3v) is 8.00. The first-order chi connectivity index (χ1) is 14.7. The summed E-state index contributed by atoms with van der Waals surface area (Å²) < 4.78 is 27.7. The lowest BCUT2D eigenvalue weighted by Gasteiger charge is -2.29. The maximum Gasteiger partial charge on any atom is 0.253 e. The Kier molecular flexibility index (Phi) is 7.78. The van der Waals surface area contributed by atoms with Crippen molar-refractivity contribution in [2.24, 2.45) is 11.8 Å². The molecule has 0 saturated carbocycles. The van der Waals surface area contributed by atoms with Crippen molar-refractivity contribution in [2.75, 3.05) is 13.1 Å². The first-order valence-corrected chi connectivity index (χ1v) is 12.7. The molecule has 5 nitrogen and oxygen atoms in total. The fraction of sp³-hybridized carbons (Fsp3) is 0.458. The number of sulfonamides is 1. The van der Waals surface area contributed by atoms with E-state index in [9.17, 15) is 13.2 Å². The van der Waals surface area contributed by atoms with Crippen LogP contribution in [0.1, 0.15) is 62.0 Å². The monoisotopic (exact) mass is 462 g/mol. The van der Waals surface area contributed by atoms with E-state index in [2.05, 4.69) is 26.1 Å². The maximum atomic E-state index is 13.1. The quantitative estimate of drug-likeness (QED) is 0.608. The molecule has 1 N–H and O–H groups in total. The lowest BCUT2D eigenvalue weighted by atomic mass is 9.96. The van der Waals surface area contributed by atoms with Crippen LogP contribution in [0.4, 0.5) is 0 Å². The Balaban J connectivity index is 1.85. The van der Waals surface area contributed by atoms with Gasteiger partial charge in [-0.05, 0) is 54.9 Å². The van der Waals surface area contributed by atoms with Crippen molar-refractivity contribution in [3.05, 3.63) is 64.7 Å². The highest BCUT2D eigenvalue weighted by Gasteiger charge is 2.29. The first kappa shape index (κ1) is 23.8. The number of hydrogen-bond donors (Lipinski definition) is 1. The number of nitrogens with one attached hydrogen (secondary N) is 1. The van der Waals surface area contributed by atoms with Crippen LogP contribution in [-0.2, 0) is 10.0 Å². The average Bonchev–Trinajstić information content (AvgIpc) is 2.74. The van der Waals surface area contributed by atoms with Gasteiger partial charge in [0.15, 0.2) is 0 Å². The zero-order valence-electron chi connectivity index (χ0n) is 18.3. The molecule has 1 atom stereocenters. The third kappa shape index (κ3) is 5.88. The van der Waals surface area contributed by atoms with Crippen LogP contribution in [0.5, 0.6) is 0 Å². The lowest BCUT2D eigenvalue weighted by molar-refractivity contribution is 0.0932. The first-order valence-electron chi connectivity index (χ1n) is 10.8. The molecule has 7 heteroatoms. The van der Waals surface area contributed by atoms with E-state index in [0.717, 1.165) is 24.8 Å². The Labute approximate surface area is 190 Å². The predicted molar refractivity (Wildman–Crippen MR) is 125 cm³/mol. The van der Waals surface area contributed by atoms with Crippen molar-refractivity contribution in [1.29, 1.82) is 0 Å². The highest BCUT2D eigenvalue weighted by molar-refractivity contribution is 7.89. The molecule has 0 spiro atoms. The molecular formula is C24H31ClN2O3S. The van der Waals surface area contributed by atoms with Crippen molar-refractivity contribution >= 4 is 27.5 Å². The Morgan fingerprint density at radius 1 is 1.13 bits per heavy atom. The van der Waals surface area contributed by atoms with Gasteiger partial charge in [-0.3, -0.25) is 4.79 Å². The van der Waals surface area contributed by atoms with E-state index in [-0.39, 0.29) is 27.4 Å². The molecule has 1 heterocycles. The number of carbonyl (C=O) groups excluding carboxylic acids is 1. The molecule has 31 heavy (non-hydrogen) atoms. The molecule has 1 amide bonds. The van der Waals surface area contributed by atoms with E-state index >= 15 is 0 Å². The Morgan fingerprint density at radius 3 is 2.39 bits per heavy atom. The van der Waals surface area contributed by atoms with Crippen molar-refractivity contribution in [3.63, 3.8) is 0 Å². The van der Waals surface area contributed by atoms with E-state index in [4.69, 9.17) is 11.6 Å².